The topological polar surface area (TPSA) is 105 Å². The van der Waals surface area contributed by atoms with Crippen LogP contribution in [-0.4, -0.2) is 49.9 Å². The van der Waals surface area contributed by atoms with Crippen molar-refractivity contribution in [1.82, 2.24) is 29.9 Å². The van der Waals surface area contributed by atoms with Crippen LogP contribution < -0.4 is 10.2 Å². The van der Waals surface area contributed by atoms with Crippen molar-refractivity contribution in [2.75, 3.05) is 24.3 Å². The molecule has 0 bridgehead atoms. The van der Waals surface area contributed by atoms with Gasteiger partial charge in [-0.2, -0.15) is 4.98 Å². The van der Waals surface area contributed by atoms with E-state index in [1.165, 1.54) is 0 Å². The van der Waals surface area contributed by atoms with Crippen LogP contribution in [0, 0.1) is 5.92 Å². The second-order valence-electron chi connectivity index (χ2n) is 5.00. The van der Waals surface area contributed by atoms with Gasteiger partial charge in [-0.05, 0) is 6.42 Å². The zero-order valence-electron chi connectivity index (χ0n) is 11.4. The maximum absolute atomic E-state index is 12.2. The Morgan fingerprint density at radius 1 is 1.55 bits per heavy atom. The number of rotatable bonds is 3. The molecule has 0 spiro atoms. The molecule has 0 fully saturated rings. The number of aryl methyl sites for hydroxylation is 1. The van der Waals surface area contributed by atoms with E-state index >= 15 is 0 Å². The fourth-order valence-corrected chi connectivity index (χ4v) is 2.20. The van der Waals surface area contributed by atoms with Gasteiger partial charge in [0.05, 0.1) is 5.92 Å². The third-order valence-electron chi connectivity index (χ3n) is 3.32. The molecule has 0 saturated heterocycles. The average Bonchev–Trinajstić information content (AvgIpc) is 3.05. The number of amides is 1. The molecule has 1 aliphatic rings. The lowest BCUT2D eigenvalue weighted by Crippen LogP contribution is -2.31. The third-order valence-corrected chi connectivity index (χ3v) is 3.32. The average molecular weight is 276 g/mol. The van der Waals surface area contributed by atoms with Gasteiger partial charge in [0, 0.05) is 27.1 Å². The van der Waals surface area contributed by atoms with Crippen LogP contribution in [0.1, 0.15) is 12.2 Å². The number of aromatic amines is 1. The lowest BCUT2D eigenvalue weighted by Gasteiger charge is -2.21. The van der Waals surface area contributed by atoms with E-state index in [4.69, 9.17) is 0 Å². The SMILES string of the molecule is CN(C)c1n[nH]c(NC(=O)C2CCc3nncn3C2)n1. The molecule has 0 aromatic carbocycles. The minimum atomic E-state index is -0.105. The van der Waals surface area contributed by atoms with Gasteiger partial charge in [-0.15, -0.1) is 15.3 Å². The Labute approximate surface area is 115 Å². The van der Waals surface area contributed by atoms with Crippen LogP contribution in [-0.2, 0) is 17.8 Å². The van der Waals surface area contributed by atoms with Crippen LogP contribution in [0.25, 0.3) is 0 Å². The summed E-state index contributed by atoms with van der Waals surface area (Å²) < 4.78 is 1.92. The molecule has 20 heavy (non-hydrogen) atoms. The molecule has 1 aliphatic heterocycles. The van der Waals surface area contributed by atoms with Gasteiger partial charge in [-0.1, -0.05) is 0 Å². The molecule has 1 amide bonds. The van der Waals surface area contributed by atoms with E-state index in [1.807, 2.05) is 18.7 Å². The molecule has 2 aromatic rings. The Morgan fingerprint density at radius 2 is 2.40 bits per heavy atom. The number of carbonyl (C=O) groups is 1. The van der Waals surface area contributed by atoms with Crippen molar-refractivity contribution in [2.24, 2.45) is 5.92 Å². The van der Waals surface area contributed by atoms with Gasteiger partial charge in [0.2, 0.25) is 17.8 Å². The molecular weight excluding hydrogens is 260 g/mol. The predicted molar refractivity (Wildman–Crippen MR) is 71.2 cm³/mol. The summed E-state index contributed by atoms with van der Waals surface area (Å²) in [4.78, 5) is 18.1. The third kappa shape index (κ3) is 2.33. The summed E-state index contributed by atoms with van der Waals surface area (Å²) in [6.07, 6.45) is 3.18. The molecule has 106 valence electrons. The molecule has 2 N–H and O–H groups in total. The van der Waals surface area contributed by atoms with Gasteiger partial charge in [-0.3, -0.25) is 10.1 Å². The number of carbonyl (C=O) groups excluding carboxylic acids is 1. The number of anilines is 2. The Balaban J connectivity index is 1.65. The van der Waals surface area contributed by atoms with E-state index in [1.54, 1.807) is 11.2 Å². The highest BCUT2D eigenvalue weighted by Crippen LogP contribution is 2.19. The summed E-state index contributed by atoms with van der Waals surface area (Å²) in [5, 5.41) is 17.3. The Bertz CT molecular complexity index is 615. The van der Waals surface area contributed by atoms with E-state index in [0.29, 0.717) is 18.4 Å². The minimum absolute atomic E-state index is 0.0641. The Kier molecular flexibility index (Phi) is 3.09. The highest BCUT2D eigenvalue weighted by molar-refractivity contribution is 5.91. The van der Waals surface area contributed by atoms with Crippen molar-refractivity contribution in [2.45, 2.75) is 19.4 Å². The summed E-state index contributed by atoms with van der Waals surface area (Å²) >= 11 is 0. The smallest absolute Gasteiger partial charge is 0.245 e. The van der Waals surface area contributed by atoms with E-state index in [2.05, 4.69) is 30.7 Å². The summed E-state index contributed by atoms with van der Waals surface area (Å²) in [5.41, 5.74) is 0. The first-order valence-corrected chi connectivity index (χ1v) is 6.41. The van der Waals surface area contributed by atoms with Crippen LogP contribution in [0.2, 0.25) is 0 Å². The molecule has 0 saturated carbocycles. The normalized spacial score (nSPS) is 17.6. The van der Waals surface area contributed by atoms with Gasteiger partial charge in [0.15, 0.2) is 0 Å². The van der Waals surface area contributed by atoms with Crippen molar-refractivity contribution in [1.29, 1.82) is 0 Å². The standard InChI is InChI=1S/C11H16N8O/c1-18(2)11-14-10(16-17-11)13-9(20)7-3-4-8-15-12-6-19(8)5-7/h6-7H,3-5H2,1-2H3,(H2,13,14,16,17,20). The van der Waals surface area contributed by atoms with Crippen molar-refractivity contribution in [3.05, 3.63) is 12.2 Å². The number of nitrogens with one attached hydrogen (secondary N) is 2. The van der Waals surface area contributed by atoms with Gasteiger partial charge < -0.3 is 9.47 Å². The fraction of sp³-hybridized carbons (Fsp3) is 0.545. The summed E-state index contributed by atoms with van der Waals surface area (Å²) in [6.45, 7) is 0.600. The largest absolute Gasteiger partial charge is 0.346 e. The lowest BCUT2D eigenvalue weighted by molar-refractivity contribution is -0.120. The first-order valence-electron chi connectivity index (χ1n) is 6.41. The van der Waals surface area contributed by atoms with Crippen LogP contribution in [0.15, 0.2) is 6.33 Å². The monoisotopic (exact) mass is 276 g/mol. The van der Waals surface area contributed by atoms with E-state index < -0.39 is 0 Å². The van der Waals surface area contributed by atoms with Crippen LogP contribution >= 0.6 is 0 Å². The molecule has 3 heterocycles. The molecule has 1 unspecified atom stereocenters. The minimum Gasteiger partial charge on any atom is -0.346 e. The summed E-state index contributed by atoms with van der Waals surface area (Å²) in [6, 6.07) is 0. The van der Waals surface area contributed by atoms with Crippen molar-refractivity contribution >= 4 is 17.8 Å². The lowest BCUT2D eigenvalue weighted by atomic mass is 9.99. The van der Waals surface area contributed by atoms with Crippen molar-refractivity contribution in [3.63, 3.8) is 0 Å². The molecule has 1 atom stereocenters. The number of nitrogens with zero attached hydrogens (tertiary/aromatic N) is 6. The van der Waals surface area contributed by atoms with E-state index in [-0.39, 0.29) is 11.8 Å². The van der Waals surface area contributed by atoms with E-state index in [0.717, 1.165) is 18.7 Å². The van der Waals surface area contributed by atoms with Crippen LogP contribution in [0.4, 0.5) is 11.9 Å². The summed E-state index contributed by atoms with van der Waals surface area (Å²) in [7, 11) is 3.67. The molecule has 0 aliphatic carbocycles. The Hall–Kier alpha value is -2.45. The fourth-order valence-electron chi connectivity index (χ4n) is 2.20. The summed E-state index contributed by atoms with van der Waals surface area (Å²) in [5.74, 6) is 1.67. The highest BCUT2D eigenvalue weighted by Gasteiger charge is 2.26. The second kappa shape index (κ2) is 4.91. The molecule has 9 nitrogen and oxygen atoms in total. The number of hydrogen-bond acceptors (Lipinski definition) is 6. The van der Waals surface area contributed by atoms with Gasteiger partial charge in [0.25, 0.3) is 0 Å². The molecule has 0 radical (unpaired) electrons. The quantitative estimate of drug-likeness (QED) is 0.795. The maximum Gasteiger partial charge on any atom is 0.245 e. The predicted octanol–water partition coefficient (Wildman–Crippen LogP) is -0.337. The van der Waals surface area contributed by atoms with Crippen LogP contribution in [0.5, 0.6) is 0 Å². The number of hydrogen-bond donors (Lipinski definition) is 2. The molecule has 9 heteroatoms. The Morgan fingerprint density at radius 3 is 3.15 bits per heavy atom. The maximum atomic E-state index is 12.2. The van der Waals surface area contributed by atoms with Gasteiger partial charge >= 0.3 is 0 Å². The van der Waals surface area contributed by atoms with Crippen molar-refractivity contribution < 1.29 is 4.79 Å². The second-order valence-corrected chi connectivity index (χ2v) is 5.00. The van der Waals surface area contributed by atoms with Gasteiger partial charge in [-0.25, -0.2) is 5.10 Å². The van der Waals surface area contributed by atoms with Crippen LogP contribution in [0.3, 0.4) is 0 Å². The van der Waals surface area contributed by atoms with Crippen molar-refractivity contribution in [3.8, 4) is 0 Å². The zero-order chi connectivity index (χ0) is 14.1. The number of H-pyrrole nitrogens is 1. The van der Waals surface area contributed by atoms with Gasteiger partial charge in [0.1, 0.15) is 12.2 Å². The number of aromatic nitrogens is 6. The zero-order valence-corrected chi connectivity index (χ0v) is 11.4. The molecular formula is C11H16N8O. The highest BCUT2D eigenvalue weighted by atomic mass is 16.2. The first-order chi connectivity index (χ1) is 9.63. The number of fused-ring (bicyclic) bond motifs is 1. The molecule has 2 aromatic heterocycles. The first kappa shape index (κ1) is 12.6. The molecule has 3 rings (SSSR count). The van der Waals surface area contributed by atoms with E-state index in [9.17, 15) is 4.79 Å².